The van der Waals surface area contributed by atoms with Crippen molar-refractivity contribution in [1.29, 1.82) is 0 Å². The molecule has 1 aliphatic heterocycles. The third kappa shape index (κ3) is 4.50. The van der Waals surface area contributed by atoms with Gasteiger partial charge in [0.25, 0.3) is 5.69 Å². The Morgan fingerprint density at radius 2 is 2.30 bits per heavy atom. The van der Waals surface area contributed by atoms with Crippen molar-refractivity contribution in [2.24, 2.45) is 7.05 Å². The van der Waals surface area contributed by atoms with Gasteiger partial charge in [-0.1, -0.05) is 0 Å². The molecule has 1 fully saturated rings. The number of carbonyl (C=O) groups excluding carboxylic acids is 1. The summed E-state index contributed by atoms with van der Waals surface area (Å²) in [4.78, 5) is 29.5. The number of rotatable bonds is 6. The minimum absolute atomic E-state index is 0.0178. The maximum atomic E-state index is 12.4. The number of hydrogen-bond donors (Lipinski definition) is 2. The molecule has 1 saturated heterocycles. The summed E-state index contributed by atoms with van der Waals surface area (Å²) in [7, 11) is 1.97. The number of imidazole rings is 1. The highest BCUT2D eigenvalue weighted by atomic mass is 16.6. The lowest BCUT2D eigenvalue weighted by Crippen LogP contribution is -2.47. The molecular weight excluding hydrogens is 348 g/mol. The molecule has 0 aliphatic carbocycles. The van der Waals surface area contributed by atoms with Crippen LogP contribution in [-0.2, 0) is 11.8 Å². The number of hydrogen-bond acceptors (Lipinski definition) is 6. The van der Waals surface area contributed by atoms with E-state index < -0.39 is 4.92 Å². The van der Waals surface area contributed by atoms with Gasteiger partial charge in [-0.3, -0.25) is 19.8 Å². The van der Waals surface area contributed by atoms with E-state index in [0.29, 0.717) is 24.2 Å². The first-order valence-corrected chi connectivity index (χ1v) is 8.92. The van der Waals surface area contributed by atoms with Gasteiger partial charge in [0.15, 0.2) is 0 Å². The molecule has 2 aromatic rings. The number of nitro groups is 1. The Morgan fingerprint density at radius 3 is 2.96 bits per heavy atom. The number of aryl methyl sites for hydroxylation is 2. The fourth-order valence-corrected chi connectivity index (χ4v) is 3.33. The zero-order valence-corrected chi connectivity index (χ0v) is 15.5. The van der Waals surface area contributed by atoms with Gasteiger partial charge in [-0.05, 0) is 18.6 Å². The molecule has 9 heteroatoms. The molecule has 2 heterocycles. The second-order valence-corrected chi connectivity index (χ2v) is 6.71. The van der Waals surface area contributed by atoms with Gasteiger partial charge in [-0.25, -0.2) is 4.98 Å². The van der Waals surface area contributed by atoms with Crippen LogP contribution in [0, 0.1) is 17.0 Å². The Balaban J connectivity index is 1.59. The van der Waals surface area contributed by atoms with Crippen LogP contribution in [0.25, 0.3) is 0 Å². The van der Waals surface area contributed by atoms with Gasteiger partial charge in [-0.15, -0.1) is 0 Å². The molecule has 144 valence electrons. The molecular formula is C18H24N6O3. The fourth-order valence-electron chi connectivity index (χ4n) is 3.33. The Bertz CT molecular complexity index is 834. The van der Waals surface area contributed by atoms with Gasteiger partial charge < -0.3 is 15.2 Å². The highest BCUT2D eigenvalue weighted by Gasteiger charge is 2.26. The first-order valence-electron chi connectivity index (χ1n) is 8.92. The summed E-state index contributed by atoms with van der Waals surface area (Å²) < 4.78 is 2.00. The van der Waals surface area contributed by atoms with Crippen LogP contribution in [0.4, 0.5) is 11.4 Å². The van der Waals surface area contributed by atoms with Crippen LogP contribution >= 0.6 is 0 Å². The smallest absolute Gasteiger partial charge is 0.269 e. The summed E-state index contributed by atoms with van der Waals surface area (Å²) in [5.41, 5.74) is 1.29. The van der Waals surface area contributed by atoms with E-state index in [4.69, 9.17) is 0 Å². The van der Waals surface area contributed by atoms with Gasteiger partial charge >= 0.3 is 0 Å². The standard InChI is InChI=1S/C18H24N6O3/c1-13-11-14(24(26)27)3-4-15(13)21-17(25)5-8-23-10-6-19-12-16(23)18-20-7-9-22(18)2/h3-4,7,9,11,16,19H,5-6,8,10,12H2,1-2H3,(H,21,25). The molecule has 1 unspecified atom stereocenters. The maximum Gasteiger partial charge on any atom is 0.269 e. The minimum atomic E-state index is -0.444. The summed E-state index contributed by atoms with van der Waals surface area (Å²) >= 11 is 0. The molecule has 1 aromatic carbocycles. The van der Waals surface area contributed by atoms with E-state index in [-0.39, 0.29) is 17.6 Å². The molecule has 27 heavy (non-hydrogen) atoms. The van der Waals surface area contributed by atoms with Crippen LogP contribution < -0.4 is 10.6 Å². The molecule has 0 bridgehead atoms. The average molecular weight is 372 g/mol. The molecule has 0 saturated carbocycles. The van der Waals surface area contributed by atoms with Crippen molar-refractivity contribution < 1.29 is 9.72 Å². The molecule has 9 nitrogen and oxygen atoms in total. The van der Waals surface area contributed by atoms with Crippen LogP contribution in [0.15, 0.2) is 30.6 Å². The number of nitro benzene ring substituents is 1. The predicted molar refractivity (Wildman–Crippen MR) is 101 cm³/mol. The molecule has 1 atom stereocenters. The Kier molecular flexibility index (Phi) is 5.82. The number of piperazine rings is 1. The van der Waals surface area contributed by atoms with Gasteiger partial charge in [0.05, 0.1) is 11.0 Å². The van der Waals surface area contributed by atoms with Gasteiger partial charge in [0, 0.05) is 69.9 Å². The van der Waals surface area contributed by atoms with Crippen LogP contribution in [0.2, 0.25) is 0 Å². The van der Waals surface area contributed by atoms with Crippen molar-refractivity contribution >= 4 is 17.3 Å². The molecule has 2 N–H and O–H groups in total. The average Bonchev–Trinajstić information content (AvgIpc) is 3.07. The zero-order valence-electron chi connectivity index (χ0n) is 15.5. The zero-order chi connectivity index (χ0) is 19.4. The maximum absolute atomic E-state index is 12.4. The third-order valence-electron chi connectivity index (χ3n) is 4.83. The lowest BCUT2D eigenvalue weighted by molar-refractivity contribution is -0.384. The minimum Gasteiger partial charge on any atom is -0.337 e. The Hall–Kier alpha value is -2.78. The normalized spacial score (nSPS) is 17.6. The molecule has 3 rings (SSSR count). The third-order valence-corrected chi connectivity index (χ3v) is 4.83. The van der Waals surface area contributed by atoms with Crippen LogP contribution in [0.1, 0.15) is 23.9 Å². The SMILES string of the molecule is Cc1cc([N+](=O)[O-])ccc1NC(=O)CCN1CCNCC1c1nccn1C. The van der Waals surface area contributed by atoms with E-state index in [1.54, 1.807) is 19.2 Å². The van der Waals surface area contributed by atoms with E-state index >= 15 is 0 Å². The van der Waals surface area contributed by atoms with Crippen molar-refractivity contribution in [2.75, 3.05) is 31.5 Å². The quantitative estimate of drug-likeness (QED) is 0.590. The van der Waals surface area contributed by atoms with Crippen molar-refractivity contribution in [3.8, 4) is 0 Å². The number of non-ortho nitro benzene ring substituents is 1. The van der Waals surface area contributed by atoms with Crippen molar-refractivity contribution in [1.82, 2.24) is 19.8 Å². The van der Waals surface area contributed by atoms with E-state index in [1.165, 1.54) is 12.1 Å². The van der Waals surface area contributed by atoms with Crippen molar-refractivity contribution in [3.05, 3.63) is 52.1 Å². The summed E-state index contributed by atoms with van der Waals surface area (Å²) in [6.07, 6.45) is 4.05. The number of anilines is 1. The first-order chi connectivity index (χ1) is 13.0. The number of benzene rings is 1. The second-order valence-electron chi connectivity index (χ2n) is 6.71. The molecule has 0 radical (unpaired) electrons. The summed E-state index contributed by atoms with van der Waals surface area (Å²) in [5.74, 6) is 0.873. The lowest BCUT2D eigenvalue weighted by atomic mass is 10.1. The number of aromatic nitrogens is 2. The molecule has 1 aliphatic rings. The molecule has 1 amide bonds. The van der Waals surface area contributed by atoms with Crippen LogP contribution in [0.3, 0.4) is 0 Å². The number of amides is 1. The van der Waals surface area contributed by atoms with Crippen molar-refractivity contribution in [3.63, 3.8) is 0 Å². The van der Waals surface area contributed by atoms with E-state index in [9.17, 15) is 14.9 Å². The van der Waals surface area contributed by atoms with E-state index in [0.717, 1.165) is 25.5 Å². The number of nitrogens with zero attached hydrogens (tertiary/aromatic N) is 4. The highest BCUT2D eigenvalue weighted by Crippen LogP contribution is 2.22. The van der Waals surface area contributed by atoms with Crippen molar-refractivity contribution in [2.45, 2.75) is 19.4 Å². The molecule has 0 spiro atoms. The summed E-state index contributed by atoms with van der Waals surface area (Å²) in [5, 5.41) is 17.0. The number of carbonyl (C=O) groups is 1. The fraction of sp³-hybridized carbons (Fsp3) is 0.444. The Labute approximate surface area is 157 Å². The van der Waals surface area contributed by atoms with Gasteiger partial charge in [0.1, 0.15) is 5.82 Å². The molecule has 1 aromatic heterocycles. The monoisotopic (exact) mass is 372 g/mol. The van der Waals surface area contributed by atoms with Crippen LogP contribution in [0.5, 0.6) is 0 Å². The topological polar surface area (TPSA) is 105 Å². The Morgan fingerprint density at radius 1 is 1.48 bits per heavy atom. The summed E-state index contributed by atoms with van der Waals surface area (Å²) in [6, 6.07) is 4.57. The van der Waals surface area contributed by atoms with Crippen LogP contribution in [-0.4, -0.2) is 51.5 Å². The highest BCUT2D eigenvalue weighted by molar-refractivity contribution is 5.91. The van der Waals surface area contributed by atoms with E-state index in [2.05, 4.69) is 20.5 Å². The summed E-state index contributed by atoms with van der Waals surface area (Å²) in [6.45, 7) is 4.90. The predicted octanol–water partition coefficient (Wildman–Crippen LogP) is 1.61. The first kappa shape index (κ1) is 19.0. The van der Waals surface area contributed by atoms with Gasteiger partial charge in [0.2, 0.25) is 5.91 Å². The van der Waals surface area contributed by atoms with E-state index in [1.807, 2.05) is 17.8 Å². The largest absolute Gasteiger partial charge is 0.337 e. The lowest BCUT2D eigenvalue weighted by Gasteiger charge is -2.35. The number of nitrogens with one attached hydrogen (secondary N) is 2. The van der Waals surface area contributed by atoms with Gasteiger partial charge in [-0.2, -0.15) is 0 Å². The second kappa shape index (κ2) is 8.28.